The standard InChI is InChI=1S/C21H26N4O5S/c1-15-7-8-16(13-20(15)31(29,30)23(2)3)22-21(26)18-14-17(25(27)28)9-10-19(18)24-11-5-4-6-12-24/h7-10,13-14H,4-6,11-12H2,1-3H3,(H,22,26). The molecule has 3 rings (SSSR count). The van der Waals surface area contributed by atoms with Gasteiger partial charge >= 0.3 is 0 Å². The van der Waals surface area contributed by atoms with Gasteiger partial charge in [-0.2, -0.15) is 0 Å². The highest BCUT2D eigenvalue weighted by Crippen LogP contribution is 2.29. The lowest BCUT2D eigenvalue weighted by molar-refractivity contribution is -0.384. The number of benzene rings is 2. The largest absolute Gasteiger partial charge is 0.371 e. The van der Waals surface area contributed by atoms with Gasteiger partial charge in [-0.1, -0.05) is 6.07 Å². The Morgan fingerprint density at radius 2 is 1.77 bits per heavy atom. The second-order valence-electron chi connectivity index (χ2n) is 7.73. The molecule has 0 saturated carbocycles. The summed E-state index contributed by atoms with van der Waals surface area (Å²) in [6.45, 7) is 3.22. The molecule has 0 bridgehead atoms. The van der Waals surface area contributed by atoms with Crippen LogP contribution in [0.1, 0.15) is 35.2 Å². The lowest BCUT2D eigenvalue weighted by Gasteiger charge is -2.30. The summed E-state index contributed by atoms with van der Waals surface area (Å²) in [6.07, 6.45) is 3.08. The van der Waals surface area contributed by atoms with E-state index in [1.165, 1.54) is 32.3 Å². The fourth-order valence-electron chi connectivity index (χ4n) is 3.58. The fraction of sp³-hybridized carbons (Fsp3) is 0.381. The zero-order chi connectivity index (χ0) is 22.8. The molecule has 0 radical (unpaired) electrons. The number of carbonyl (C=O) groups is 1. The molecule has 1 aliphatic rings. The molecule has 9 nitrogen and oxygen atoms in total. The van der Waals surface area contributed by atoms with Gasteiger partial charge in [0.25, 0.3) is 11.6 Å². The number of aryl methyl sites for hydroxylation is 1. The summed E-state index contributed by atoms with van der Waals surface area (Å²) >= 11 is 0. The lowest BCUT2D eigenvalue weighted by atomic mass is 10.1. The molecular weight excluding hydrogens is 420 g/mol. The summed E-state index contributed by atoms with van der Waals surface area (Å²) in [5.74, 6) is -0.527. The Bertz CT molecular complexity index is 1110. The third-order valence-corrected chi connectivity index (χ3v) is 7.29. The van der Waals surface area contributed by atoms with Crippen molar-refractivity contribution < 1.29 is 18.1 Å². The third kappa shape index (κ3) is 4.86. The first-order valence-electron chi connectivity index (χ1n) is 9.99. The summed E-state index contributed by atoms with van der Waals surface area (Å²) < 4.78 is 26.3. The van der Waals surface area contributed by atoms with E-state index in [1.54, 1.807) is 25.1 Å². The Hall–Kier alpha value is -2.98. The van der Waals surface area contributed by atoms with Crippen molar-refractivity contribution in [1.82, 2.24) is 4.31 Å². The minimum atomic E-state index is -3.69. The number of nitrogens with zero attached hydrogens (tertiary/aromatic N) is 3. The first-order chi connectivity index (χ1) is 14.6. The number of nitro benzene ring substituents is 1. The van der Waals surface area contributed by atoms with Crippen molar-refractivity contribution in [2.75, 3.05) is 37.4 Å². The molecule has 0 spiro atoms. The maximum Gasteiger partial charge on any atom is 0.270 e. The molecule has 1 fully saturated rings. The molecule has 2 aromatic rings. The number of carbonyl (C=O) groups excluding carboxylic acids is 1. The zero-order valence-electron chi connectivity index (χ0n) is 17.8. The van der Waals surface area contributed by atoms with Crippen LogP contribution < -0.4 is 10.2 Å². The van der Waals surface area contributed by atoms with Crippen molar-refractivity contribution in [3.05, 3.63) is 57.6 Å². The smallest absolute Gasteiger partial charge is 0.270 e. The Morgan fingerprint density at radius 1 is 1.10 bits per heavy atom. The second-order valence-corrected chi connectivity index (χ2v) is 9.85. The summed E-state index contributed by atoms with van der Waals surface area (Å²) in [7, 11) is -0.812. The summed E-state index contributed by atoms with van der Waals surface area (Å²) in [6, 6.07) is 8.90. The summed E-state index contributed by atoms with van der Waals surface area (Å²) in [5.41, 5.74) is 1.50. The fourth-order valence-corrected chi connectivity index (χ4v) is 4.73. The number of sulfonamides is 1. The highest BCUT2D eigenvalue weighted by atomic mass is 32.2. The van der Waals surface area contributed by atoms with Crippen LogP contribution in [-0.4, -0.2) is 50.7 Å². The van der Waals surface area contributed by atoms with Crippen LogP contribution >= 0.6 is 0 Å². The summed E-state index contributed by atoms with van der Waals surface area (Å²) in [5, 5.41) is 14.0. The van der Waals surface area contributed by atoms with E-state index in [1.807, 2.05) is 0 Å². The number of non-ortho nitro benzene ring substituents is 1. The second kappa shape index (κ2) is 9.03. The van der Waals surface area contributed by atoms with Gasteiger partial charge in [-0.25, -0.2) is 12.7 Å². The quantitative estimate of drug-likeness (QED) is 0.538. The van der Waals surface area contributed by atoms with Crippen LogP contribution in [0.5, 0.6) is 0 Å². The Balaban J connectivity index is 1.98. The average molecular weight is 447 g/mol. The molecule has 0 atom stereocenters. The predicted octanol–water partition coefficient (Wildman–Crippen LogP) is 3.40. The van der Waals surface area contributed by atoms with Gasteiger partial charge in [0.05, 0.1) is 21.1 Å². The van der Waals surface area contributed by atoms with E-state index in [-0.39, 0.29) is 16.1 Å². The molecule has 0 aromatic heterocycles. The van der Waals surface area contributed by atoms with Crippen LogP contribution in [0.25, 0.3) is 0 Å². The van der Waals surface area contributed by atoms with E-state index in [0.29, 0.717) is 16.9 Å². The van der Waals surface area contributed by atoms with Crippen molar-refractivity contribution in [2.45, 2.75) is 31.1 Å². The van der Waals surface area contributed by atoms with Gasteiger partial charge in [0, 0.05) is 45.0 Å². The van der Waals surface area contributed by atoms with E-state index in [2.05, 4.69) is 10.2 Å². The van der Waals surface area contributed by atoms with Gasteiger partial charge < -0.3 is 10.2 Å². The minimum Gasteiger partial charge on any atom is -0.371 e. The molecule has 31 heavy (non-hydrogen) atoms. The maximum absolute atomic E-state index is 13.1. The number of hydrogen-bond acceptors (Lipinski definition) is 6. The average Bonchev–Trinajstić information content (AvgIpc) is 2.75. The van der Waals surface area contributed by atoms with Crippen LogP contribution in [0.2, 0.25) is 0 Å². The number of amides is 1. The van der Waals surface area contributed by atoms with Gasteiger partial charge in [-0.15, -0.1) is 0 Å². The highest BCUT2D eigenvalue weighted by Gasteiger charge is 2.24. The monoisotopic (exact) mass is 446 g/mol. The first kappa shape index (κ1) is 22.7. The Morgan fingerprint density at radius 3 is 2.39 bits per heavy atom. The summed E-state index contributed by atoms with van der Waals surface area (Å²) in [4.78, 5) is 26.0. The van der Waals surface area contributed by atoms with Gasteiger partial charge in [0.2, 0.25) is 10.0 Å². The number of rotatable bonds is 6. The number of nitrogens with one attached hydrogen (secondary N) is 1. The van der Waals surface area contributed by atoms with Crippen molar-refractivity contribution in [2.24, 2.45) is 0 Å². The van der Waals surface area contributed by atoms with Crippen LogP contribution in [-0.2, 0) is 10.0 Å². The van der Waals surface area contributed by atoms with Gasteiger partial charge in [0.1, 0.15) is 0 Å². The van der Waals surface area contributed by atoms with Gasteiger partial charge in [-0.3, -0.25) is 14.9 Å². The topological polar surface area (TPSA) is 113 Å². The molecule has 1 amide bonds. The van der Waals surface area contributed by atoms with Crippen LogP contribution in [0.4, 0.5) is 17.1 Å². The van der Waals surface area contributed by atoms with Crippen molar-refractivity contribution in [1.29, 1.82) is 0 Å². The van der Waals surface area contributed by atoms with Crippen molar-refractivity contribution in [3.63, 3.8) is 0 Å². The number of piperidine rings is 1. The van der Waals surface area contributed by atoms with E-state index in [0.717, 1.165) is 36.7 Å². The molecule has 1 heterocycles. The Kier molecular flexibility index (Phi) is 6.61. The van der Waals surface area contributed by atoms with Crippen LogP contribution in [0, 0.1) is 17.0 Å². The van der Waals surface area contributed by atoms with E-state index >= 15 is 0 Å². The zero-order valence-corrected chi connectivity index (χ0v) is 18.6. The van der Waals surface area contributed by atoms with Crippen molar-refractivity contribution in [3.8, 4) is 0 Å². The van der Waals surface area contributed by atoms with Crippen molar-refractivity contribution >= 4 is 33.0 Å². The minimum absolute atomic E-state index is 0.0885. The SMILES string of the molecule is Cc1ccc(NC(=O)c2cc([N+](=O)[O-])ccc2N2CCCCC2)cc1S(=O)(=O)N(C)C. The van der Waals surface area contributed by atoms with Gasteiger partial charge in [0.15, 0.2) is 0 Å². The first-order valence-corrected chi connectivity index (χ1v) is 11.4. The number of nitro groups is 1. The number of hydrogen-bond donors (Lipinski definition) is 1. The van der Waals surface area contributed by atoms with E-state index < -0.39 is 20.9 Å². The molecule has 2 aromatic carbocycles. The molecule has 0 aliphatic carbocycles. The number of anilines is 2. The molecule has 1 N–H and O–H groups in total. The lowest BCUT2D eigenvalue weighted by Crippen LogP contribution is -2.31. The third-order valence-electron chi connectivity index (χ3n) is 5.34. The molecule has 1 saturated heterocycles. The molecule has 166 valence electrons. The maximum atomic E-state index is 13.1. The Labute approximate surface area is 181 Å². The van der Waals surface area contributed by atoms with Gasteiger partial charge in [-0.05, 0) is 49.9 Å². The molecule has 0 unspecified atom stereocenters. The van der Waals surface area contributed by atoms with E-state index in [9.17, 15) is 23.3 Å². The normalized spacial score (nSPS) is 14.5. The molecule has 1 aliphatic heterocycles. The van der Waals surface area contributed by atoms with Crippen LogP contribution in [0.15, 0.2) is 41.3 Å². The molecular formula is C21H26N4O5S. The van der Waals surface area contributed by atoms with Crippen LogP contribution in [0.3, 0.4) is 0 Å². The van der Waals surface area contributed by atoms with E-state index in [4.69, 9.17) is 0 Å². The predicted molar refractivity (Wildman–Crippen MR) is 119 cm³/mol. The molecule has 10 heteroatoms. The highest BCUT2D eigenvalue weighted by molar-refractivity contribution is 7.89.